The molecule has 0 saturated carbocycles. The number of carboxylic acids is 1. The highest BCUT2D eigenvalue weighted by Crippen LogP contribution is 1.98. The van der Waals surface area contributed by atoms with Gasteiger partial charge in [-0.05, 0) is 0 Å². The van der Waals surface area contributed by atoms with Crippen molar-refractivity contribution in [1.29, 1.82) is 0 Å². The summed E-state index contributed by atoms with van der Waals surface area (Å²) < 4.78 is 0. The molecule has 0 aliphatic heterocycles. The maximum atomic E-state index is 12.5. The summed E-state index contributed by atoms with van der Waals surface area (Å²) in [5.41, 5.74) is 10.4. The lowest BCUT2D eigenvalue weighted by atomic mass is 10.1. The molecule has 6 amide bonds. The van der Waals surface area contributed by atoms with Crippen molar-refractivity contribution in [3.63, 3.8) is 0 Å². The molecule has 18 heteroatoms. The molecule has 0 aliphatic carbocycles. The Bertz CT molecular complexity index is 817. The minimum Gasteiger partial charge on any atom is -0.480 e. The summed E-state index contributed by atoms with van der Waals surface area (Å²) in [6, 6.07) is -5.05. The van der Waals surface area contributed by atoms with Gasteiger partial charge >= 0.3 is 5.97 Å². The minimum atomic E-state index is -1.61. The number of amides is 6. The van der Waals surface area contributed by atoms with E-state index in [0.717, 1.165) is 0 Å². The van der Waals surface area contributed by atoms with Crippen LogP contribution in [0.2, 0.25) is 0 Å². The van der Waals surface area contributed by atoms with Crippen molar-refractivity contribution in [2.45, 2.75) is 30.6 Å². The predicted octanol–water partition coefficient (Wildman–Crippen LogP) is -5.25. The van der Waals surface area contributed by atoms with Crippen molar-refractivity contribution in [2.24, 2.45) is 11.5 Å². The quantitative estimate of drug-likeness (QED) is 0.0813. The number of carbonyl (C=O) groups is 7. The first kappa shape index (κ1) is 32.3. The Morgan fingerprint density at radius 1 is 0.686 bits per heavy atom. The lowest BCUT2D eigenvalue weighted by Gasteiger charge is -2.22. The van der Waals surface area contributed by atoms with Crippen molar-refractivity contribution >= 4 is 79.3 Å². The first-order valence-electron chi connectivity index (χ1n) is 9.89. The first-order valence-corrected chi connectivity index (χ1v) is 11.8. The number of nitrogens with two attached hydrogens (primary N) is 2. The van der Waals surface area contributed by atoms with Crippen molar-refractivity contribution in [3.8, 4) is 0 Å². The summed E-state index contributed by atoms with van der Waals surface area (Å²) >= 11 is 11.8. The van der Waals surface area contributed by atoms with Gasteiger partial charge in [0.25, 0.3) is 0 Å². The highest BCUT2D eigenvalue weighted by molar-refractivity contribution is 7.80. The van der Waals surface area contributed by atoms with Crippen LogP contribution in [0.15, 0.2) is 0 Å². The monoisotopic (exact) mass is 555 g/mol. The zero-order valence-corrected chi connectivity index (χ0v) is 21.0. The average molecular weight is 556 g/mol. The number of thiol groups is 3. The van der Waals surface area contributed by atoms with Gasteiger partial charge in [-0.1, -0.05) is 0 Å². The smallest absolute Gasteiger partial charge is 0.326 e. The molecule has 0 aromatic rings. The molecule has 10 N–H and O–H groups in total. The van der Waals surface area contributed by atoms with Gasteiger partial charge in [0, 0.05) is 17.3 Å². The second-order valence-electron chi connectivity index (χ2n) is 6.90. The third-order valence-corrected chi connectivity index (χ3v) is 5.20. The summed E-state index contributed by atoms with van der Waals surface area (Å²) in [4.78, 5) is 82.2. The van der Waals surface area contributed by atoms with Gasteiger partial charge in [-0.3, -0.25) is 28.8 Å². The largest absolute Gasteiger partial charge is 0.480 e. The zero-order chi connectivity index (χ0) is 27.1. The highest BCUT2D eigenvalue weighted by atomic mass is 32.1. The van der Waals surface area contributed by atoms with Gasteiger partial charge in [0.1, 0.15) is 18.1 Å². The minimum absolute atomic E-state index is 0.0757. The molecule has 0 rings (SSSR count). The second-order valence-corrected chi connectivity index (χ2v) is 8.00. The molecule has 0 radical (unpaired) electrons. The van der Waals surface area contributed by atoms with Crippen molar-refractivity contribution < 1.29 is 38.7 Å². The lowest BCUT2D eigenvalue weighted by Crippen LogP contribution is -2.57. The van der Waals surface area contributed by atoms with Gasteiger partial charge in [0.2, 0.25) is 35.4 Å². The number of carboxylic acid groups (broad SMARTS) is 1. The molecular formula is C17H29N7O8S3. The Kier molecular flexibility index (Phi) is 15.5. The van der Waals surface area contributed by atoms with E-state index in [1.807, 2.05) is 0 Å². The molecule has 0 unspecified atom stereocenters. The van der Waals surface area contributed by atoms with E-state index in [-0.39, 0.29) is 17.3 Å². The van der Waals surface area contributed by atoms with Crippen molar-refractivity contribution in [2.75, 3.05) is 30.3 Å². The van der Waals surface area contributed by atoms with Gasteiger partial charge in [0.05, 0.1) is 25.6 Å². The topological polar surface area (TPSA) is 252 Å². The number of aliphatic carboxylic acids is 1. The van der Waals surface area contributed by atoms with Crippen LogP contribution in [-0.2, 0) is 33.6 Å². The van der Waals surface area contributed by atoms with E-state index in [9.17, 15) is 33.6 Å². The Morgan fingerprint density at radius 3 is 1.63 bits per heavy atom. The number of hydrogen-bond donors (Lipinski definition) is 11. The van der Waals surface area contributed by atoms with Gasteiger partial charge in [-0.25, -0.2) is 4.79 Å². The standard InChI is InChI=1S/C17H29N7O8S3/c18-7(4-33)14(28)21-2-12(26)20-3-13(27)22-9(5-34)15(29)24-10(6-35)16(30)23-8(17(31)32)1-11(19)25/h7-10,33-35H,1-6,18H2,(H2,19,25)(H,20,26)(H,21,28)(H,22,27)(H,23,30)(H,24,29)(H,31,32)/t7-,8-,9-,10-/m0/s1. The molecule has 0 bridgehead atoms. The molecule has 0 saturated heterocycles. The second kappa shape index (κ2) is 16.8. The molecule has 0 heterocycles. The molecule has 0 spiro atoms. The van der Waals surface area contributed by atoms with Crippen LogP contribution in [0.4, 0.5) is 0 Å². The van der Waals surface area contributed by atoms with Crippen molar-refractivity contribution in [1.82, 2.24) is 26.6 Å². The number of carbonyl (C=O) groups excluding carboxylic acids is 6. The van der Waals surface area contributed by atoms with Crippen LogP contribution in [0, 0.1) is 0 Å². The van der Waals surface area contributed by atoms with Crippen LogP contribution in [0.25, 0.3) is 0 Å². The predicted molar refractivity (Wildman–Crippen MR) is 133 cm³/mol. The summed E-state index contributed by atoms with van der Waals surface area (Å²) in [5.74, 6) is -6.68. The summed E-state index contributed by atoms with van der Waals surface area (Å²) in [7, 11) is 0. The molecule has 4 atom stereocenters. The third-order valence-electron chi connectivity index (χ3n) is 4.07. The van der Waals surface area contributed by atoms with E-state index >= 15 is 0 Å². The van der Waals surface area contributed by atoms with E-state index in [4.69, 9.17) is 16.6 Å². The molecular weight excluding hydrogens is 526 g/mol. The van der Waals surface area contributed by atoms with E-state index in [2.05, 4.69) is 64.5 Å². The van der Waals surface area contributed by atoms with E-state index in [0.29, 0.717) is 0 Å². The first-order chi connectivity index (χ1) is 16.4. The number of rotatable bonds is 16. The number of nitrogens with one attached hydrogen (secondary N) is 5. The van der Waals surface area contributed by atoms with Crippen LogP contribution >= 0.6 is 37.9 Å². The van der Waals surface area contributed by atoms with Gasteiger partial charge in [0.15, 0.2) is 0 Å². The fourth-order valence-corrected chi connectivity index (χ4v) is 2.88. The molecule has 35 heavy (non-hydrogen) atoms. The van der Waals surface area contributed by atoms with Gasteiger partial charge in [-0.15, -0.1) is 0 Å². The zero-order valence-electron chi connectivity index (χ0n) is 18.4. The van der Waals surface area contributed by atoms with E-state index < -0.39 is 85.1 Å². The van der Waals surface area contributed by atoms with Crippen LogP contribution in [0.1, 0.15) is 6.42 Å². The third kappa shape index (κ3) is 13.1. The Morgan fingerprint density at radius 2 is 1.17 bits per heavy atom. The molecule has 0 fully saturated rings. The molecule has 0 aromatic heterocycles. The number of hydrogen-bond acceptors (Lipinski definition) is 11. The maximum Gasteiger partial charge on any atom is 0.326 e. The maximum absolute atomic E-state index is 12.5. The van der Waals surface area contributed by atoms with Crippen LogP contribution in [0.3, 0.4) is 0 Å². The van der Waals surface area contributed by atoms with E-state index in [1.54, 1.807) is 0 Å². The summed E-state index contributed by atoms with van der Waals surface area (Å²) in [5, 5.41) is 20.2. The average Bonchev–Trinajstić information content (AvgIpc) is 2.81. The fraction of sp³-hybridized carbons (Fsp3) is 0.588. The molecule has 0 aromatic carbocycles. The number of primary amides is 1. The van der Waals surface area contributed by atoms with Gasteiger partial charge in [-0.2, -0.15) is 37.9 Å². The Balaban J connectivity index is 4.78. The molecule has 15 nitrogen and oxygen atoms in total. The van der Waals surface area contributed by atoms with Gasteiger partial charge < -0.3 is 43.2 Å². The van der Waals surface area contributed by atoms with Crippen molar-refractivity contribution in [3.05, 3.63) is 0 Å². The Hall–Kier alpha value is -2.70. The Labute approximate surface area is 216 Å². The van der Waals surface area contributed by atoms with E-state index in [1.165, 1.54) is 0 Å². The molecule has 0 aliphatic rings. The summed E-state index contributed by atoms with van der Waals surface area (Å²) in [6.45, 7) is -0.968. The van der Waals surface area contributed by atoms with Crippen LogP contribution in [-0.4, -0.2) is 101 Å². The normalized spacial score (nSPS) is 13.8. The molecule has 198 valence electrons. The van der Waals surface area contributed by atoms with Crippen LogP contribution < -0.4 is 38.1 Å². The lowest BCUT2D eigenvalue weighted by molar-refractivity contribution is -0.143. The highest BCUT2D eigenvalue weighted by Gasteiger charge is 2.29. The fourth-order valence-electron chi connectivity index (χ4n) is 2.20. The summed E-state index contributed by atoms with van der Waals surface area (Å²) in [6.07, 6.45) is -0.666. The van der Waals surface area contributed by atoms with Crippen LogP contribution in [0.5, 0.6) is 0 Å². The SMILES string of the molecule is NC(=O)C[C@H](NC(=O)[C@H](CS)NC(=O)[C@H](CS)NC(=O)CNC(=O)CNC(=O)[C@@H](N)CS)C(=O)O.